The quantitative estimate of drug-likeness (QED) is 0.697. The number of amides is 2. The summed E-state index contributed by atoms with van der Waals surface area (Å²) in [5.74, 6) is -1.03. The first-order valence-electron chi connectivity index (χ1n) is 6.03. The van der Waals surface area contributed by atoms with E-state index in [0.29, 0.717) is 19.5 Å². The van der Waals surface area contributed by atoms with Gasteiger partial charge in [0.05, 0.1) is 6.61 Å². The summed E-state index contributed by atoms with van der Waals surface area (Å²) in [5.41, 5.74) is 0. The van der Waals surface area contributed by atoms with Gasteiger partial charge in [-0.1, -0.05) is 13.0 Å². The van der Waals surface area contributed by atoms with Gasteiger partial charge in [0.2, 0.25) is 0 Å². The van der Waals surface area contributed by atoms with E-state index in [1.807, 2.05) is 6.92 Å². The molecule has 1 aliphatic heterocycles. The molecule has 2 atom stereocenters. The largest absolute Gasteiger partial charge is 0.480 e. The number of aliphatic carboxylic acids is 1. The Bertz CT molecular complexity index is 332. The predicted molar refractivity (Wildman–Crippen MR) is 66.2 cm³/mol. The molecule has 2 amide bonds. The third-order valence-corrected chi connectivity index (χ3v) is 3.19. The standard InChI is InChI=1S/C12H20N2O4/c1-3-5-13(7-8-15)12(18)14-6-4-9(2)10(14)11(16)17/h3,9-10,15H,1,4-8H2,2H3,(H,16,17). The van der Waals surface area contributed by atoms with Gasteiger partial charge >= 0.3 is 12.0 Å². The minimum absolute atomic E-state index is 0.0499. The van der Waals surface area contributed by atoms with Crippen molar-refractivity contribution in [3.05, 3.63) is 12.7 Å². The maximum absolute atomic E-state index is 12.2. The second-order valence-electron chi connectivity index (χ2n) is 4.48. The molecule has 0 aromatic heterocycles. The first-order chi connectivity index (χ1) is 8.52. The SMILES string of the molecule is C=CCN(CCO)C(=O)N1CCC(C)C1C(=O)O. The summed E-state index contributed by atoms with van der Waals surface area (Å²) in [6.07, 6.45) is 2.24. The van der Waals surface area contributed by atoms with Crippen molar-refractivity contribution >= 4 is 12.0 Å². The average molecular weight is 256 g/mol. The molecule has 2 unspecified atom stereocenters. The van der Waals surface area contributed by atoms with Crippen molar-refractivity contribution in [1.29, 1.82) is 0 Å². The van der Waals surface area contributed by atoms with Crippen LogP contribution in [0, 0.1) is 5.92 Å². The van der Waals surface area contributed by atoms with E-state index < -0.39 is 12.0 Å². The Kier molecular flexibility index (Phi) is 5.15. The van der Waals surface area contributed by atoms with Crippen LogP contribution in [-0.4, -0.2) is 64.3 Å². The number of carbonyl (C=O) groups excluding carboxylic acids is 1. The van der Waals surface area contributed by atoms with E-state index in [1.165, 1.54) is 9.80 Å². The molecule has 6 nitrogen and oxygen atoms in total. The van der Waals surface area contributed by atoms with Crippen molar-refractivity contribution in [1.82, 2.24) is 9.80 Å². The van der Waals surface area contributed by atoms with E-state index in [-0.39, 0.29) is 25.1 Å². The molecule has 2 N–H and O–H groups in total. The molecule has 1 saturated heterocycles. The number of nitrogens with zero attached hydrogens (tertiary/aromatic N) is 2. The van der Waals surface area contributed by atoms with Gasteiger partial charge in [0, 0.05) is 19.6 Å². The fraction of sp³-hybridized carbons (Fsp3) is 0.667. The summed E-state index contributed by atoms with van der Waals surface area (Å²) in [4.78, 5) is 26.2. The Hall–Kier alpha value is -1.56. The topological polar surface area (TPSA) is 81.1 Å². The van der Waals surface area contributed by atoms with Crippen LogP contribution in [0.1, 0.15) is 13.3 Å². The van der Waals surface area contributed by atoms with Gasteiger partial charge in [-0.15, -0.1) is 6.58 Å². The van der Waals surface area contributed by atoms with E-state index in [2.05, 4.69) is 6.58 Å². The molecule has 6 heteroatoms. The Labute approximate surface area is 106 Å². The molecule has 0 aromatic carbocycles. The zero-order valence-electron chi connectivity index (χ0n) is 10.6. The summed E-state index contributed by atoms with van der Waals surface area (Å²) >= 11 is 0. The van der Waals surface area contributed by atoms with E-state index in [4.69, 9.17) is 10.2 Å². The highest BCUT2D eigenvalue weighted by Crippen LogP contribution is 2.25. The molecule has 0 saturated carbocycles. The number of carboxylic acids is 1. The van der Waals surface area contributed by atoms with Crippen LogP contribution in [0.3, 0.4) is 0 Å². The number of hydrogen-bond acceptors (Lipinski definition) is 3. The van der Waals surface area contributed by atoms with Crippen molar-refractivity contribution in [2.45, 2.75) is 19.4 Å². The van der Waals surface area contributed by atoms with Crippen LogP contribution in [0.5, 0.6) is 0 Å². The molecule has 18 heavy (non-hydrogen) atoms. The number of likely N-dealkylation sites (tertiary alicyclic amines) is 1. The van der Waals surface area contributed by atoms with Crippen LogP contribution in [0.4, 0.5) is 4.79 Å². The van der Waals surface area contributed by atoms with Crippen LogP contribution in [0.25, 0.3) is 0 Å². The molecule has 0 spiro atoms. The fourth-order valence-electron chi connectivity index (χ4n) is 2.26. The van der Waals surface area contributed by atoms with Crippen LogP contribution in [0.15, 0.2) is 12.7 Å². The second-order valence-corrected chi connectivity index (χ2v) is 4.48. The normalized spacial score (nSPS) is 22.9. The van der Waals surface area contributed by atoms with Gasteiger partial charge in [-0.2, -0.15) is 0 Å². The first kappa shape index (κ1) is 14.5. The zero-order valence-corrected chi connectivity index (χ0v) is 10.6. The van der Waals surface area contributed by atoms with Crippen molar-refractivity contribution in [3.63, 3.8) is 0 Å². The number of rotatable bonds is 5. The predicted octanol–water partition coefficient (Wildman–Crippen LogP) is 0.382. The Morgan fingerprint density at radius 1 is 1.56 bits per heavy atom. The molecule has 0 radical (unpaired) electrons. The van der Waals surface area contributed by atoms with Crippen LogP contribution < -0.4 is 0 Å². The Balaban J connectivity index is 2.80. The van der Waals surface area contributed by atoms with Crippen molar-refractivity contribution in [3.8, 4) is 0 Å². The summed E-state index contributed by atoms with van der Waals surface area (Å²) in [7, 11) is 0. The summed E-state index contributed by atoms with van der Waals surface area (Å²) in [6, 6.07) is -1.12. The molecule has 0 aliphatic carbocycles. The van der Waals surface area contributed by atoms with Crippen LogP contribution >= 0.6 is 0 Å². The third kappa shape index (κ3) is 3.01. The summed E-state index contributed by atoms with van der Waals surface area (Å²) in [6.45, 7) is 6.15. The maximum Gasteiger partial charge on any atom is 0.326 e. The minimum Gasteiger partial charge on any atom is -0.480 e. The van der Waals surface area contributed by atoms with E-state index in [0.717, 1.165) is 0 Å². The number of carbonyl (C=O) groups is 2. The molecule has 1 rings (SSSR count). The Morgan fingerprint density at radius 2 is 2.22 bits per heavy atom. The molecule has 1 aliphatic rings. The molecule has 1 fully saturated rings. The molecular weight excluding hydrogens is 236 g/mol. The van der Waals surface area contributed by atoms with Crippen molar-refractivity contribution in [2.75, 3.05) is 26.2 Å². The van der Waals surface area contributed by atoms with Gasteiger partial charge in [0.1, 0.15) is 6.04 Å². The lowest BCUT2D eigenvalue weighted by Gasteiger charge is -2.30. The molecular formula is C12H20N2O4. The van der Waals surface area contributed by atoms with Crippen molar-refractivity contribution in [2.24, 2.45) is 5.92 Å². The third-order valence-electron chi connectivity index (χ3n) is 3.19. The lowest BCUT2D eigenvalue weighted by Crippen LogP contribution is -2.50. The van der Waals surface area contributed by atoms with Gasteiger partial charge in [0.15, 0.2) is 0 Å². The Morgan fingerprint density at radius 3 is 2.72 bits per heavy atom. The summed E-state index contributed by atoms with van der Waals surface area (Å²) < 4.78 is 0. The van der Waals surface area contributed by atoms with Gasteiger partial charge in [-0.3, -0.25) is 0 Å². The molecule has 0 aromatic rings. The van der Waals surface area contributed by atoms with E-state index >= 15 is 0 Å². The van der Waals surface area contributed by atoms with Crippen molar-refractivity contribution < 1.29 is 19.8 Å². The smallest absolute Gasteiger partial charge is 0.326 e. The van der Waals surface area contributed by atoms with Gasteiger partial charge in [-0.25, -0.2) is 9.59 Å². The number of aliphatic hydroxyl groups is 1. The maximum atomic E-state index is 12.2. The number of carboxylic acid groups (broad SMARTS) is 1. The molecule has 0 bridgehead atoms. The highest BCUT2D eigenvalue weighted by atomic mass is 16.4. The zero-order chi connectivity index (χ0) is 13.7. The average Bonchev–Trinajstić information content (AvgIpc) is 2.70. The first-order valence-corrected chi connectivity index (χ1v) is 6.03. The van der Waals surface area contributed by atoms with E-state index in [9.17, 15) is 9.59 Å². The fourth-order valence-corrected chi connectivity index (χ4v) is 2.26. The lowest BCUT2D eigenvalue weighted by molar-refractivity contribution is -0.142. The number of urea groups is 1. The second kappa shape index (κ2) is 6.39. The summed E-state index contributed by atoms with van der Waals surface area (Å²) in [5, 5.41) is 18.1. The molecule has 102 valence electrons. The van der Waals surface area contributed by atoms with Gasteiger partial charge in [0.25, 0.3) is 0 Å². The van der Waals surface area contributed by atoms with Gasteiger partial charge in [-0.05, 0) is 12.3 Å². The molecule has 1 heterocycles. The lowest BCUT2D eigenvalue weighted by atomic mass is 10.0. The highest BCUT2D eigenvalue weighted by Gasteiger charge is 2.40. The highest BCUT2D eigenvalue weighted by molar-refractivity contribution is 5.83. The van der Waals surface area contributed by atoms with Crippen LogP contribution in [0.2, 0.25) is 0 Å². The van der Waals surface area contributed by atoms with E-state index in [1.54, 1.807) is 6.08 Å². The van der Waals surface area contributed by atoms with Gasteiger partial charge < -0.3 is 20.0 Å². The number of hydrogen-bond donors (Lipinski definition) is 2. The minimum atomic E-state index is -0.976. The van der Waals surface area contributed by atoms with Crippen LogP contribution in [-0.2, 0) is 4.79 Å². The monoisotopic (exact) mass is 256 g/mol. The number of aliphatic hydroxyl groups excluding tert-OH is 1.